The number of hydrogen-bond acceptors (Lipinski definition) is 3. The van der Waals surface area contributed by atoms with Crippen molar-refractivity contribution >= 4 is 17.4 Å². The third-order valence-electron chi connectivity index (χ3n) is 2.08. The van der Waals surface area contributed by atoms with E-state index in [9.17, 15) is 9.59 Å². The normalized spacial score (nSPS) is 9.93. The van der Waals surface area contributed by atoms with E-state index >= 15 is 0 Å². The molecule has 0 heterocycles. The molecule has 0 aliphatic carbocycles. The Morgan fingerprint density at radius 2 is 2.00 bits per heavy atom. The third-order valence-corrected chi connectivity index (χ3v) is 2.08. The molecule has 1 rings (SSSR count). The second-order valence-corrected chi connectivity index (χ2v) is 3.41. The number of nitrogens with two attached hydrogens (primary N) is 1. The standard InChI is InChI=1S/C11H13NO3/c1-7-2-3-9(12)8(6-7)10(13)4-5-11(14)15/h2-3,6H,4-5,12H2,1H3,(H,14,15). The summed E-state index contributed by atoms with van der Waals surface area (Å²) < 4.78 is 0. The number of carboxylic acid groups (broad SMARTS) is 1. The molecule has 0 spiro atoms. The number of rotatable bonds is 4. The monoisotopic (exact) mass is 207 g/mol. The van der Waals surface area contributed by atoms with Gasteiger partial charge in [-0.2, -0.15) is 0 Å². The number of Topliss-reactive ketones (excluding diaryl/α,β-unsaturated/α-hetero) is 1. The van der Waals surface area contributed by atoms with Gasteiger partial charge in [0.2, 0.25) is 0 Å². The average Bonchev–Trinajstić information content (AvgIpc) is 2.18. The highest BCUT2D eigenvalue weighted by Gasteiger charge is 2.11. The number of hydrogen-bond donors (Lipinski definition) is 2. The number of nitrogen functional groups attached to an aromatic ring is 1. The zero-order valence-electron chi connectivity index (χ0n) is 8.49. The van der Waals surface area contributed by atoms with E-state index < -0.39 is 5.97 Å². The van der Waals surface area contributed by atoms with E-state index in [2.05, 4.69) is 0 Å². The maximum atomic E-state index is 11.6. The number of aryl methyl sites for hydroxylation is 1. The molecule has 15 heavy (non-hydrogen) atoms. The van der Waals surface area contributed by atoms with E-state index in [-0.39, 0.29) is 18.6 Å². The number of carbonyl (C=O) groups excluding carboxylic acids is 1. The number of ketones is 1. The van der Waals surface area contributed by atoms with Gasteiger partial charge >= 0.3 is 5.97 Å². The number of carboxylic acids is 1. The van der Waals surface area contributed by atoms with Crippen LogP contribution < -0.4 is 5.73 Å². The van der Waals surface area contributed by atoms with E-state index in [1.54, 1.807) is 12.1 Å². The van der Waals surface area contributed by atoms with Gasteiger partial charge in [0.1, 0.15) is 0 Å². The lowest BCUT2D eigenvalue weighted by Crippen LogP contribution is -2.06. The SMILES string of the molecule is Cc1ccc(N)c(C(=O)CCC(=O)O)c1. The van der Waals surface area contributed by atoms with Crippen LogP contribution >= 0.6 is 0 Å². The summed E-state index contributed by atoms with van der Waals surface area (Å²) in [4.78, 5) is 21.9. The Hall–Kier alpha value is -1.84. The molecule has 0 bridgehead atoms. The first-order valence-corrected chi connectivity index (χ1v) is 4.62. The second kappa shape index (κ2) is 4.59. The van der Waals surface area contributed by atoms with Gasteiger partial charge in [-0.3, -0.25) is 9.59 Å². The van der Waals surface area contributed by atoms with Gasteiger partial charge in [0, 0.05) is 17.7 Å². The molecule has 0 radical (unpaired) electrons. The molecule has 0 saturated carbocycles. The van der Waals surface area contributed by atoms with Crippen LogP contribution in [0.25, 0.3) is 0 Å². The summed E-state index contributed by atoms with van der Waals surface area (Å²) >= 11 is 0. The van der Waals surface area contributed by atoms with Crippen LogP contribution in [-0.4, -0.2) is 16.9 Å². The Bertz CT molecular complexity index is 399. The summed E-state index contributed by atoms with van der Waals surface area (Å²) in [5, 5.41) is 8.45. The Labute approximate surface area is 87.7 Å². The lowest BCUT2D eigenvalue weighted by molar-refractivity contribution is -0.136. The van der Waals surface area contributed by atoms with Gasteiger partial charge in [0.05, 0.1) is 6.42 Å². The fourth-order valence-corrected chi connectivity index (χ4v) is 1.27. The minimum atomic E-state index is -0.977. The van der Waals surface area contributed by atoms with E-state index in [0.717, 1.165) is 5.56 Å². The van der Waals surface area contributed by atoms with E-state index in [1.807, 2.05) is 13.0 Å². The van der Waals surface area contributed by atoms with Crippen LogP contribution in [-0.2, 0) is 4.79 Å². The zero-order valence-corrected chi connectivity index (χ0v) is 8.49. The molecule has 0 saturated heterocycles. The first kappa shape index (κ1) is 11.2. The van der Waals surface area contributed by atoms with Gasteiger partial charge < -0.3 is 10.8 Å². The summed E-state index contributed by atoms with van der Waals surface area (Å²) in [5.74, 6) is -1.20. The third kappa shape index (κ3) is 3.09. The molecule has 0 amide bonds. The maximum Gasteiger partial charge on any atom is 0.303 e. The first-order valence-electron chi connectivity index (χ1n) is 4.62. The van der Waals surface area contributed by atoms with Crippen LogP contribution in [0.1, 0.15) is 28.8 Å². The second-order valence-electron chi connectivity index (χ2n) is 3.41. The molecule has 0 aliphatic heterocycles. The van der Waals surface area contributed by atoms with Crippen molar-refractivity contribution in [3.8, 4) is 0 Å². The molecular weight excluding hydrogens is 194 g/mol. The van der Waals surface area contributed by atoms with Gasteiger partial charge in [-0.1, -0.05) is 11.6 Å². The summed E-state index contributed by atoms with van der Waals surface area (Å²) in [6, 6.07) is 5.14. The Balaban J connectivity index is 2.81. The van der Waals surface area contributed by atoms with Crippen LogP contribution in [0.15, 0.2) is 18.2 Å². The predicted molar refractivity (Wildman–Crippen MR) is 56.8 cm³/mol. The lowest BCUT2D eigenvalue weighted by Gasteiger charge is -2.04. The largest absolute Gasteiger partial charge is 0.481 e. The van der Waals surface area contributed by atoms with Crippen molar-refractivity contribution in [2.75, 3.05) is 5.73 Å². The molecule has 3 N–H and O–H groups in total. The van der Waals surface area contributed by atoms with Crippen LogP contribution in [0.2, 0.25) is 0 Å². The molecule has 0 atom stereocenters. The number of carbonyl (C=O) groups is 2. The highest BCUT2D eigenvalue weighted by Crippen LogP contribution is 2.16. The topological polar surface area (TPSA) is 80.4 Å². The lowest BCUT2D eigenvalue weighted by atomic mass is 10.0. The van der Waals surface area contributed by atoms with Crippen molar-refractivity contribution < 1.29 is 14.7 Å². The van der Waals surface area contributed by atoms with Crippen molar-refractivity contribution in [3.05, 3.63) is 29.3 Å². The summed E-state index contributed by atoms with van der Waals surface area (Å²) in [6.45, 7) is 1.85. The molecule has 4 heteroatoms. The summed E-state index contributed by atoms with van der Waals surface area (Å²) in [7, 11) is 0. The quantitative estimate of drug-likeness (QED) is 0.580. The van der Waals surface area contributed by atoms with E-state index in [0.29, 0.717) is 11.3 Å². The highest BCUT2D eigenvalue weighted by atomic mass is 16.4. The van der Waals surface area contributed by atoms with E-state index in [1.165, 1.54) is 0 Å². The Morgan fingerprint density at radius 3 is 2.60 bits per heavy atom. The smallest absolute Gasteiger partial charge is 0.303 e. The van der Waals surface area contributed by atoms with Gasteiger partial charge in [0.15, 0.2) is 5.78 Å². The number of anilines is 1. The number of benzene rings is 1. The van der Waals surface area contributed by atoms with Gasteiger partial charge in [0.25, 0.3) is 0 Å². The van der Waals surface area contributed by atoms with Crippen LogP contribution in [0.4, 0.5) is 5.69 Å². The molecule has 4 nitrogen and oxygen atoms in total. The molecule has 0 unspecified atom stereocenters. The predicted octanol–water partition coefficient (Wildman–Crippen LogP) is 1.62. The van der Waals surface area contributed by atoms with Crippen molar-refractivity contribution in [1.82, 2.24) is 0 Å². The first-order chi connectivity index (χ1) is 7.00. The molecule has 0 aliphatic rings. The van der Waals surface area contributed by atoms with Gasteiger partial charge in [-0.05, 0) is 19.1 Å². The molecular formula is C11H13NO3. The van der Waals surface area contributed by atoms with Gasteiger partial charge in [-0.15, -0.1) is 0 Å². The molecule has 80 valence electrons. The molecule has 0 fully saturated rings. The summed E-state index contributed by atoms with van der Waals surface area (Å²) in [5.41, 5.74) is 7.37. The minimum Gasteiger partial charge on any atom is -0.481 e. The average molecular weight is 207 g/mol. The van der Waals surface area contributed by atoms with Crippen molar-refractivity contribution in [3.63, 3.8) is 0 Å². The van der Waals surface area contributed by atoms with Crippen molar-refractivity contribution in [2.45, 2.75) is 19.8 Å². The Kier molecular flexibility index (Phi) is 3.44. The molecule has 0 aromatic heterocycles. The minimum absolute atomic E-state index is 0.0109. The molecule has 1 aromatic carbocycles. The van der Waals surface area contributed by atoms with Crippen LogP contribution in [0, 0.1) is 6.92 Å². The zero-order chi connectivity index (χ0) is 11.4. The fourth-order valence-electron chi connectivity index (χ4n) is 1.27. The van der Waals surface area contributed by atoms with Crippen molar-refractivity contribution in [1.29, 1.82) is 0 Å². The van der Waals surface area contributed by atoms with Crippen LogP contribution in [0.5, 0.6) is 0 Å². The fraction of sp³-hybridized carbons (Fsp3) is 0.273. The Morgan fingerprint density at radius 1 is 1.33 bits per heavy atom. The molecule has 1 aromatic rings. The highest BCUT2D eigenvalue weighted by molar-refractivity contribution is 6.01. The van der Waals surface area contributed by atoms with E-state index in [4.69, 9.17) is 10.8 Å². The van der Waals surface area contributed by atoms with Crippen LogP contribution in [0.3, 0.4) is 0 Å². The van der Waals surface area contributed by atoms with Gasteiger partial charge in [-0.25, -0.2) is 0 Å². The van der Waals surface area contributed by atoms with Crippen molar-refractivity contribution in [2.24, 2.45) is 0 Å². The number of aliphatic carboxylic acids is 1. The maximum absolute atomic E-state index is 11.6. The summed E-state index contributed by atoms with van der Waals surface area (Å²) in [6.07, 6.45) is -0.171.